The summed E-state index contributed by atoms with van der Waals surface area (Å²) in [6.45, 7) is 0.946. The van der Waals surface area contributed by atoms with Crippen molar-refractivity contribution in [3.05, 3.63) is 24.0 Å². The molecule has 1 aliphatic heterocycles. The van der Waals surface area contributed by atoms with Crippen molar-refractivity contribution in [3.63, 3.8) is 0 Å². The molecule has 0 aliphatic carbocycles. The number of anilines is 2. The summed E-state index contributed by atoms with van der Waals surface area (Å²) in [5.74, 6) is -0.455. The number of nitrogens with two attached hydrogens (primary N) is 1. The third-order valence-electron chi connectivity index (χ3n) is 2.19. The fourth-order valence-corrected chi connectivity index (χ4v) is 1.54. The van der Waals surface area contributed by atoms with Crippen LogP contribution in [0.3, 0.4) is 0 Å². The van der Waals surface area contributed by atoms with Crippen LogP contribution in [0.4, 0.5) is 20.6 Å². The van der Waals surface area contributed by atoms with Gasteiger partial charge in [0, 0.05) is 12.2 Å². The number of nitrogen functional groups attached to an aromatic ring is 1. The monoisotopic (exact) mass is 210 g/mol. The third-order valence-corrected chi connectivity index (χ3v) is 2.19. The van der Waals surface area contributed by atoms with E-state index in [1.165, 1.54) is 17.0 Å². The molecule has 0 bridgehead atoms. The van der Waals surface area contributed by atoms with Gasteiger partial charge in [-0.15, -0.1) is 0 Å². The van der Waals surface area contributed by atoms with Gasteiger partial charge in [0.2, 0.25) is 0 Å². The normalized spacial score (nSPS) is 16.3. The molecule has 2 rings (SSSR count). The molecule has 0 aromatic heterocycles. The molecule has 1 aromatic carbocycles. The summed E-state index contributed by atoms with van der Waals surface area (Å²) >= 11 is 0. The average molecular weight is 210 g/mol. The summed E-state index contributed by atoms with van der Waals surface area (Å²) in [5.41, 5.74) is 6.23. The first-order chi connectivity index (χ1) is 7.16. The van der Waals surface area contributed by atoms with Crippen LogP contribution in [0.25, 0.3) is 0 Å². The SMILES string of the molecule is Nc1cc(F)cc(N2CCCOC2=O)c1. The van der Waals surface area contributed by atoms with Crippen LogP contribution in [0.15, 0.2) is 18.2 Å². The summed E-state index contributed by atoms with van der Waals surface area (Å²) < 4.78 is 17.9. The Balaban J connectivity index is 2.31. The maximum atomic E-state index is 13.1. The summed E-state index contributed by atoms with van der Waals surface area (Å²) in [6, 6.07) is 4.03. The number of halogens is 1. The molecule has 1 heterocycles. The van der Waals surface area contributed by atoms with E-state index in [-0.39, 0.29) is 0 Å². The molecule has 0 saturated carbocycles. The minimum atomic E-state index is -0.455. The van der Waals surface area contributed by atoms with Crippen molar-refractivity contribution in [2.24, 2.45) is 0 Å². The number of ether oxygens (including phenoxy) is 1. The Hall–Kier alpha value is -1.78. The van der Waals surface area contributed by atoms with Crippen molar-refractivity contribution in [2.75, 3.05) is 23.8 Å². The Morgan fingerprint density at radius 2 is 2.20 bits per heavy atom. The molecule has 1 aliphatic rings. The van der Waals surface area contributed by atoms with E-state index in [1.54, 1.807) is 6.07 Å². The summed E-state index contributed by atoms with van der Waals surface area (Å²) in [6.07, 6.45) is 0.286. The molecule has 2 N–H and O–H groups in total. The van der Waals surface area contributed by atoms with Gasteiger partial charge in [-0.2, -0.15) is 0 Å². The molecule has 0 unspecified atom stereocenters. The van der Waals surface area contributed by atoms with Gasteiger partial charge in [-0.05, 0) is 24.6 Å². The van der Waals surface area contributed by atoms with Crippen LogP contribution >= 0.6 is 0 Å². The molecule has 15 heavy (non-hydrogen) atoms. The zero-order chi connectivity index (χ0) is 10.8. The van der Waals surface area contributed by atoms with Gasteiger partial charge in [0.15, 0.2) is 0 Å². The molecular formula is C10H11FN2O2. The van der Waals surface area contributed by atoms with Crippen LogP contribution in [0.5, 0.6) is 0 Å². The quantitative estimate of drug-likeness (QED) is 0.718. The van der Waals surface area contributed by atoms with E-state index in [9.17, 15) is 9.18 Å². The van der Waals surface area contributed by atoms with Crippen molar-refractivity contribution in [1.82, 2.24) is 0 Å². The molecular weight excluding hydrogens is 199 g/mol. The van der Waals surface area contributed by atoms with Crippen LogP contribution in [0, 0.1) is 5.82 Å². The van der Waals surface area contributed by atoms with Crippen LogP contribution in [0.1, 0.15) is 6.42 Å². The van der Waals surface area contributed by atoms with Gasteiger partial charge >= 0.3 is 6.09 Å². The smallest absolute Gasteiger partial charge is 0.414 e. The standard InChI is InChI=1S/C10H11FN2O2/c11-7-4-8(12)6-9(5-7)13-2-1-3-15-10(13)14/h4-6H,1-3,12H2. The van der Waals surface area contributed by atoms with Crippen LogP contribution in [-0.2, 0) is 4.74 Å². The van der Waals surface area contributed by atoms with Gasteiger partial charge in [0.25, 0.3) is 0 Å². The van der Waals surface area contributed by atoms with Crippen molar-refractivity contribution >= 4 is 17.5 Å². The van der Waals surface area contributed by atoms with E-state index < -0.39 is 11.9 Å². The average Bonchev–Trinajstić information content (AvgIpc) is 2.16. The fraction of sp³-hybridized carbons (Fsp3) is 0.300. The molecule has 1 saturated heterocycles. The van der Waals surface area contributed by atoms with Gasteiger partial charge in [0.1, 0.15) is 5.82 Å². The van der Waals surface area contributed by atoms with Crippen molar-refractivity contribution in [2.45, 2.75) is 6.42 Å². The van der Waals surface area contributed by atoms with Gasteiger partial charge in [-0.3, -0.25) is 4.90 Å². The first-order valence-electron chi connectivity index (χ1n) is 4.67. The highest BCUT2D eigenvalue weighted by Crippen LogP contribution is 2.22. The van der Waals surface area contributed by atoms with E-state index in [2.05, 4.69) is 0 Å². The predicted octanol–water partition coefficient (Wildman–Crippen LogP) is 1.75. The van der Waals surface area contributed by atoms with Crippen LogP contribution < -0.4 is 10.6 Å². The van der Waals surface area contributed by atoms with Gasteiger partial charge < -0.3 is 10.5 Å². The minimum Gasteiger partial charge on any atom is -0.449 e. The first kappa shape index (κ1) is 9.76. The molecule has 4 nitrogen and oxygen atoms in total. The van der Waals surface area contributed by atoms with E-state index in [0.29, 0.717) is 24.5 Å². The maximum absolute atomic E-state index is 13.1. The summed E-state index contributed by atoms with van der Waals surface area (Å²) in [7, 11) is 0. The summed E-state index contributed by atoms with van der Waals surface area (Å²) in [5, 5.41) is 0. The molecule has 0 atom stereocenters. The Morgan fingerprint density at radius 3 is 2.87 bits per heavy atom. The molecule has 1 amide bonds. The maximum Gasteiger partial charge on any atom is 0.414 e. The number of carbonyl (C=O) groups is 1. The van der Waals surface area contributed by atoms with Crippen LogP contribution in [-0.4, -0.2) is 19.2 Å². The molecule has 1 aromatic rings. The highest BCUT2D eigenvalue weighted by atomic mass is 19.1. The van der Waals surface area contributed by atoms with Crippen LogP contribution in [0.2, 0.25) is 0 Å². The zero-order valence-corrected chi connectivity index (χ0v) is 8.07. The molecule has 0 radical (unpaired) electrons. The predicted molar refractivity (Wildman–Crippen MR) is 54.1 cm³/mol. The number of benzene rings is 1. The molecule has 1 fully saturated rings. The number of hydrogen-bond acceptors (Lipinski definition) is 3. The Labute approximate surface area is 86.4 Å². The second kappa shape index (κ2) is 3.76. The second-order valence-electron chi connectivity index (χ2n) is 3.36. The zero-order valence-electron chi connectivity index (χ0n) is 8.07. The molecule has 0 spiro atoms. The van der Waals surface area contributed by atoms with Gasteiger partial charge in [-0.1, -0.05) is 0 Å². The second-order valence-corrected chi connectivity index (χ2v) is 3.36. The fourth-order valence-electron chi connectivity index (χ4n) is 1.54. The number of hydrogen-bond donors (Lipinski definition) is 1. The Bertz CT molecular complexity index is 375. The number of nitrogens with zero attached hydrogens (tertiary/aromatic N) is 1. The number of carbonyl (C=O) groups excluding carboxylic acids is 1. The Morgan fingerprint density at radius 1 is 1.40 bits per heavy atom. The van der Waals surface area contributed by atoms with E-state index in [1.807, 2.05) is 0 Å². The van der Waals surface area contributed by atoms with E-state index in [4.69, 9.17) is 10.5 Å². The lowest BCUT2D eigenvalue weighted by molar-refractivity contribution is 0.140. The lowest BCUT2D eigenvalue weighted by Crippen LogP contribution is -2.37. The highest BCUT2D eigenvalue weighted by Gasteiger charge is 2.21. The van der Waals surface area contributed by atoms with Crippen molar-refractivity contribution in [1.29, 1.82) is 0 Å². The topological polar surface area (TPSA) is 55.6 Å². The minimum absolute atomic E-state index is 0.295. The Kier molecular flexibility index (Phi) is 2.45. The lowest BCUT2D eigenvalue weighted by Gasteiger charge is -2.26. The van der Waals surface area contributed by atoms with Crippen molar-refractivity contribution in [3.8, 4) is 0 Å². The van der Waals surface area contributed by atoms with Gasteiger partial charge in [-0.25, -0.2) is 9.18 Å². The van der Waals surface area contributed by atoms with Crippen molar-refractivity contribution < 1.29 is 13.9 Å². The molecule has 5 heteroatoms. The van der Waals surface area contributed by atoms with Gasteiger partial charge in [0.05, 0.1) is 12.3 Å². The highest BCUT2D eigenvalue weighted by molar-refractivity contribution is 5.88. The number of cyclic esters (lactones) is 1. The number of amides is 1. The largest absolute Gasteiger partial charge is 0.449 e. The first-order valence-corrected chi connectivity index (χ1v) is 4.67. The van der Waals surface area contributed by atoms with E-state index >= 15 is 0 Å². The lowest BCUT2D eigenvalue weighted by atomic mass is 10.2. The summed E-state index contributed by atoms with van der Waals surface area (Å²) in [4.78, 5) is 12.7. The molecule has 80 valence electrons. The third kappa shape index (κ3) is 2.01. The number of rotatable bonds is 1. The van der Waals surface area contributed by atoms with E-state index in [0.717, 1.165) is 6.42 Å².